The van der Waals surface area contributed by atoms with Gasteiger partial charge in [0.25, 0.3) is 0 Å². The van der Waals surface area contributed by atoms with Gasteiger partial charge in [-0.2, -0.15) is 0 Å². The van der Waals surface area contributed by atoms with Crippen molar-refractivity contribution in [3.05, 3.63) is 35.4 Å². The number of piperazine rings is 1. The summed E-state index contributed by atoms with van der Waals surface area (Å²) in [5.74, 6) is -0.129. The molecule has 0 aliphatic carbocycles. The molecule has 1 heterocycles. The van der Waals surface area contributed by atoms with Crippen LogP contribution in [0.3, 0.4) is 0 Å². The molecule has 1 aliphatic heterocycles. The quantitative estimate of drug-likeness (QED) is 0.722. The van der Waals surface area contributed by atoms with Crippen molar-refractivity contribution in [3.8, 4) is 0 Å². The SMILES string of the molecule is Cc1ccccc1CN1CCNC(=O)C1CC(=O)NCC(C)(C)CN(C)C. The number of nitrogens with zero attached hydrogens (tertiary/aromatic N) is 2. The molecule has 6 heteroatoms. The first-order chi connectivity index (χ1) is 12.7. The lowest BCUT2D eigenvalue weighted by molar-refractivity contribution is -0.134. The smallest absolute Gasteiger partial charge is 0.237 e. The highest BCUT2D eigenvalue weighted by Crippen LogP contribution is 2.17. The maximum absolute atomic E-state index is 12.5. The molecule has 27 heavy (non-hydrogen) atoms. The van der Waals surface area contributed by atoms with E-state index in [1.54, 1.807) is 0 Å². The van der Waals surface area contributed by atoms with Crippen LogP contribution in [0.15, 0.2) is 24.3 Å². The second kappa shape index (κ2) is 9.33. The monoisotopic (exact) mass is 374 g/mol. The molecule has 2 rings (SSSR count). The minimum Gasteiger partial charge on any atom is -0.355 e. The molecule has 1 unspecified atom stereocenters. The van der Waals surface area contributed by atoms with Crippen LogP contribution in [0.4, 0.5) is 0 Å². The Hall–Kier alpha value is -1.92. The maximum atomic E-state index is 12.5. The van der Waals surface area contributed by atoms with E-state index in [0.29, 0.717) is 19.6 Å². The van der Waals surface area contributed by atoms with Crippen molar-refractivity contribution in [3.63, 3.8) is 0 Å². The molecule has 150 valence electrons. The number of hydrogen-bond donors (Lipinski definition) is 2. The molecule has 0 radical (unpaired) electrons. The third-order valence-corrected chi connectivity index (χ3v) is 4.96. The van der Waals surface area contributed by atoms with Gasteiger partial charge < -0.3 is 15.5 Å². The van der Waals surface area contributed by atoms with Gasteiger partial charge in [-0.25, -0.2) is 0 Å². The Morgan fingerprint density at radius 3 is 2.70 bits per heavy atom. The maximum Gasteiger partial charge on any atom is 0.237 e. The van der Waals surface area contributed by atoms with E-state index in [2.05, 4.69) is 53.3 Å². The largest absolute Gasteiger partial charge is 0.355 e. The molecule has 1 atom stereocenters. The molecule has 0 aromatic heterocycles. The summed E-state index contributed by atoms with van der Waals surface area (Å²) in [6.45, 7) is 9.88. The Morgan fingerprint density at radius 1 is 1.33 bits per heavy atom. The van der Waals surface area contributed by atoms with E-state index < -0.39 is 6.04 Å². The molecular formula is C21H34N4O2. The third kappa shape index (κ3) is 6.63. The standard InChI is InChI=1S/C21H34N4O2/c1-16-8-6-7-9-17(16)13-25-11-10-22-20(27)18(25)12-19(26)23-14-21(2,3)15-24(4)5/h6-9,18H,10-15H2,1-5H3,(H,22,27)(H,23,26). The highest BCUT2D eigenvalue weighted by atomic mass is 16.2. The summed E-state index contributed by atoms with van der Waals surface area (Å²) in [7, 11) is 4.05. The van der Waals surface area contributed by atoms with Gasteiger partial charge in [-0.15, -0.1) is 0 Å². The molecule has 1 aromatic carbocycles. The van der Waals surface area contributed by atoms with Crippen LogP contribution in [-0.4, -0.2) is 67.9 Å². The first kappa shape index (κ1) is 21.4. The summed E-state index contributed by atoms with van der Waals surface area (Å²) in [5.41, 5.74) is 2.39. The van der Waals surface area contributed by atoms with Crippen LogP contribution in [0.5, 0.6) is 0 Å². The first-order valence-electron chi connectivity index (χ1n) is 9.66. The second-order valence-electron chi connectivity index (χ2n) is 8.59. The number of nitrogens with one attached hydrogen (secondary N) is 2. The van der Waals surface area contributed by atoms with E-state index >= 15 is 0 Å². The molecule has 6 nitrogen and oxygen atoms in total. The highest BCUT2D eigenvalue weighted by molar-refractivity contribution is 5.88. The third-order valence-electron chi connectivity index (χ3n) is 4.96. The van der Waals surface area contributed by atoms with Crippen LogP contribution in [0.2, 0.25) is 0 Å². The zero-order valence-corrected chi connectivity index (χ0v) is 17.3. The van der Waals surface area contributed by atoms with E-state index in [1.165, 1.54) is 11.1 Å². The number of benzene rings is 1. The van der Waals surface area contributed by atoms with Gasteiger partial charge in [0.05, 0.1) is 12.5 Å². The van der Waals surface area contributed by atoms with Crippen LogP contribution in [0, 0.1) is 12.3 Å². The zero-order valence-electron chi connectivity index (χ0n) is 17.3. The van der Waals surface area contributed by atoms with Crippen molar-refractivity contribution in [2.24, 2.45) is 5.41 Å². The first-order valence-corrected chi connectivity index (χ1v) is 9.66. The molecule has 0 spiro atoms. The molecule has 2 N–H and O–H groups in total. The van der Waals surface area contributed by atoms with Gasteiger partial charge in [0.2, 0.25) is 11.8 Å². The van der Waals surface area contributed by atoms with Crippen molar-refractivity contribution >= 4 is 11.8 Å². The van der Waals surface area contributed by atoms with Crippen molar-refractivity contribution in [1.29, 1.82) is 0 Å². The number of carbonyl (C=O) groups is 2. The lowest BCUT2D eigenvalue weighted by atomic mass is 9.93. The van der Waals surface area contributed by atoms with Crippen molar-refractivity contribution in [1.82, 2.24) is 20.4 Å². The topological polar surface area (TPSA) is 64.7 Å². The van der Waals surface area contributed by atoms with Crippen LogP contribution >= 0.6 is 0 Å². The highest BCUT2D eigenvalue weighted by Gasteiger charge is 2.32. The van der Waals surface area contributed by atoms with Crippen LogP contribution in [0.1, 0.15) is 31.4 Å². The summed E-state index contributed by atoms with van der Waals surface area (Å²) >= 11 is 0. The fourth-order valence-corrected chi connectivity index (χ4v) is 3.68. The van der Waals surface area contributed by atoms with Gasteiger partial charge in [0.15, 0.2) is 0 Å². The minimum absolute atomic E-state index is 0.0190. The van der Waals surface area contributed by atoms with Crippen LogP contribution < -0.4 is 10.6 Å². The lowest BCUT2D eigenvalue weighted by Gasteiger charge is -2.35. The predicted octanol–water partition coefficient (Wildman–Crippen LogP) is 1.39. The van der Waals surface area contributed by atoms with Gasteiger partial charge >= 0.3 is 0 Å². The average Bonchev–Trinajstić information content (AvgIpc) is 2.57. The second-order valence-corrected chi connectivity index (χ2v) is 8.59. The number of carbonyl (C=O) groups excluding carboxylic acids is 2. The van der Waals surface area contributed by atoms with Gasteiger partial charge in [0, 0.05) is 32.7 Å². The Morgan fingerprint density at radius 2 is 2.04 bits per heavy atom. The van der Waals surface area contributed by atoms with Gasteiger partial charge in [-0.1, -0.05) is 38.1 Å². The number of hydrogen-bond acceptors (Lipinski definition) is 4. The van der Waals surface area contributed by atoms with Crippen molar-refractivity contribution < 1.29 is 9.59 Å². The van der Waals surface area contributed by atoms with Gasteiger partial charge in [-0.05, 0) is 37.6 Å². The molecule has 2 amide bonds. The summed E-state index contributed by atoms with van der Waals surface area (Å²) in [4.78, 5) is 29.2. The Kier molecular flexibility index (Phi) is 7.39. The Labute approximate surface area is 163 Å². The Balaban J connectivity index is 1.97. The molecule has 0 saturated carbocycles. The van der Waals surface area contributed by atoms with E-state index in [-0.39, 0.29) is 23.7 Å². The molecule has 1 aromatic rings. The normalized spacial score (nSPS) is 18.4. The number of amides is 2. The summed E-state index contributed by atoms with van der Waals surface area (Å²) in [6.07, 6.45) is 0.190. The number of rotatable bonds is 8. The van der Waals surface area contributed by atoms with Crippen LogP contribution in [0.25, 0.3) is 0 Å². The summed E-state index contributed by atoms with van der Waals surface area (Å²) in [6, 6.07) is 7.77. The lowest BCUT2D eigenvalue weighted by Crippen LogP contribution is -2.56. The Bertz CT molecular complexity index is 657. The molecule has 1 fully saturated rings. The van der Waals surface area contributed by atoms with Crippen LogP contribution in [-0.2, 0) is 16.1 Å². The molecule has 1 saturated heterocycles. The van der Waals surface area contributed by atoms with Crippen molar-refractivity contribution in [2.75, 3.05) is 40.3 Å². The molecular weight excluding hydrogens is 340 g/mol. The molecule has 1 aliphatic rings. The van der Waals surface area contributed by atoms with E-state index in [1.807, 2.05) is 26.2 Å². The van der Waals surface area contributed by atoms with E-state index in [9.17, 15) is 9.59 Å². The number of aryl methyl sites for hydroxylation is 1. The van der Waals surface area contributed by atoms with E-state index in [0.717, 1.165) is 13.1 Å². The predicted molar refractivity (Wildman–Crippen MR) is 108 cm³/mol. The average molecular weight is 375 g/mol. The minimum atomic E-state index is -0.421. The van der Waals surface area contributed by atoms with Gasteiger partial charge in [0.1, 0.15) is 0 Å². The fourth-order valence-electron chi connectivity index (χ4n) is 3.68. The fraction of sp³-hybridized carbons (Fsp3) is 0.619. The summed E-state index contributed by atoms with van der Waals surface area (Å²) in [5, 5.41) is 5.92. The van der Waals surface area contributed by atoms with Gasteiger partial charge in [-0.3, -0.25) is 14.5 Å². The van der Waals surface area contributed by atoms with Crippen molar-refractivity contribution in [2.45, 2.75) is 39.8 Å². The van der Waals surface area contributed by atoms with E-state index in [4.69, 9.17) is 0 Å². The summed E-state index contributed by atoms with van der Waals surface area (Å²) < 4.78 is 0. The molecule has 0 bridgehead atoms. The zero-order chi connectivity index (χ0) is 20.0.